The van der Waals surface area contributed by atoms with Crippen LogP contribution in [0.2, 0.25) is 0 Å². The Morgan fingerprint density at radius 3 is 2.44 bits per heavy atom. The first-order valence-corrected chi connectivity index (χ1v) is 13.1. The van der Waals surface area contributed by atoms with Gasteiger partial charge in [0.15, 0.2) is 0 Å². The van der Waals surface area contributed by atoms with Gasteiger partial charge in [0.05, 0.1) is 37.3 Å². The van der Waals surface area contributed by atoms with E-state index in [0.717, 1.165) is 22.3 Å². The van der Waals surface area contributed by atoms with E-state index < -0.39 is 7.37 Å². The molecule has 4 rings (SSSR count). The van der Waals surface area contributed by atoms with E-state index in [4.69, 9.17) is 19.3 Å². The minimum atomic E-state index is -3.39. The fourth-order valence-electron chi connectivity index (χ4n) is 4.00. The molecule has 36 heavy (non-hydrogen) atoms. The number of hydrogen-bond donors (Lipinski definition) is 0. The highest BCUT2D eigenvalue weighted by atomic mass is 31.2. The summed E-state index contributed by atoms with van der Waals surface area (Å²) in [5, 5.41) is 9.46. The van der Waals surface area contributed by atoms with Crippen LogP contribution in [-0.2, 0) is 4.57 Å². The van der Waals surface area contributed by atoms with Crippen molar-refractivity contribution in [1.82, 2.24) is 0 Å². The molecule has 1 aliphatic heterocycles. The van der Waals surface area contributed by atoms with E-state index in [0.29, 0.717) is 28.1 Å². The quantitative estimate of drug-likeness (QED) is 0.203. The number of para-hydroxylation sites is 1. The van der Waals surface area contributed by atoms with E-state index in [2.05, 4.69) is 12.6 Å². The lowest BCUT2D eigenvalue weighted by Crippen LogP contribution is -2.20. The Bertz CT molecular complexity index is 1460. The molecular weight excluding hydrogens is 469 g/mol. The maximum absolute atomic E-state index is 14.4. The molecule has 0 fully saturated rings. The van der Waals surface area contributed by atoms with Gasteiger partial charge in [-0.25, -0.2) is 0 Å². The van der Waals surface area contributed by atoms with Gasteiger partial charge in [-0.1, -0.05) is 73.4 Å². The first kappa shape index (κ1) is 24.9. The lowest BCUT2D eigenvalue weighted by Gasteiger charge is -2.29. The number of nitrogens with zero attached hydrogens (tertiary/aromatic N) is 1. The van der Waals surface area contributed by atoms with Crippen molar-refractivity contribution in [3.8, 4) is 23.3 Å². The average Bonchev–Trinajstić information content (AvgIpc) is 2.91. The summed E-state index contributed by atoms with van der Waals surface area (Å²) in [4.78, 5) is 0. The normalized spacial score (nSPS) is 18.0. The summed E-state index contributed by atoms with van der Waals surface area (Å²) >= 11 is 0. The first-order chi connectivity index (χ1) is 17.5. The Balaban J connectivity index is 1.76. The number of rotatable bonds is 7. The van der Waals surface area contributed by atoms with Gasteiger partial charge in [-0.3, -0.25) is 4.57 Å². The molecule has 0 N–H and O–H groups in total. The third-order valence-electron chi connectivity index (χ3n) is 5.80. The summed E-state index contributed by atoms with van der Waals surface area (Å²) < 4.78 is 31.9. The third-order valence-corrected chi connectivity index (χ3v) is 8.13. The maximum Gasteiger partial charge on any atom is 0.285 e. The van der Waals surface area contributed by atoms with Crippen molar-refractivity contribution in [2.24, 2.45) is 0 Å². The van der Waals surface area contributed by atoms with Gasteiger partial charge < -0.3 is 14.0 Å². The monoisotopic (exact) mass is 495 g/mol. The summed E-state index contributed by atoms with van der Waals surface area (Å²) in [6.45, 7) is 3.71. The number of hydrogen-bond acceptors (Lipinski definition) is 5. The fourth-order valence-corrected chi connectivity index (χ4v) is 6.34. The van der Waals surface area contributed by atoms with Crippen molar-refractivity contribution in [3.63, 3.8) is 0 Å². The second kappa shape index (κ2) is 11.0. The predicted octanol–water partition coefficient (Wildman–Crippen LogP) is 6.87. The third kappa shape index (κ3) is 5.20. The Hall–Kier alpha value is -4.26. The van der Waals surface area contributed by atoms with Crippen molar-refractivity contribution >= 4 is 30.4 Å². The first-order valence-electron chi connectivity index (χ1n) is 11.3. The van der Waals surface area contributed by atoms with E-state index in [1.165, 1.54) is 0 Å². The predicted molar refractivity (Wildman–Crippen MR) is 146 cm³/mol. The topological polar surface area (TPSA) is 68.6 Å². The molecule has 1 unspecified atom stereocenters. The van der Waals surface area contributed by atoms with Crippen LogP contribution in [-0.4, -0.2) is 20.4 Å². The Morgan fingerprint density at radius 1 is 1.00 bits per heavy atom. The van der Waals surface area contributed by atoms with Crippen LogP contribution < -0.4 is 19.3 Å². The zero-order valence-corrected chi connectivity index (χ0v) is 21.1. The van der Waals surface area contributed by atoms with Crippen LogP contribution >= 0.6 is 7.37 Å². The van der Waals surface area contributed by atoms with Gasteiger partial charge in [0.25, 0.3) is 7.37 Å². The van der Waals surface area contributed by atoms with Crippen LogP contribution in [0.1, 0.15) is 22.3 Å². The van der Waals surface area contributed by atoms with E-state index in [9.17, 15) is 4.57 Å². The molecule has 0 bridgehead atoms. The van der Waals surface area contributed by atoms with E-state index in [1.54, 1.807) is 44.6 Å². The molecule has 0 amide bonds. The number of nitriles is 1. The lowest BCUT2D eigenvalue weighted by molar-refractivity contribution is 0.403. The van der Waals surface area contributed by atoms with Gasteiger partial charge in [-0.2, -0.15) is 5.26 Å². The largest absolute Gasteiger partial charge is 0.496 e. The summed E-state index contributed by atoms with van der Waals surface area (Å²) in [7, 11) is -0.270. The van der Waals surface area contributed by atoms with Crippen molar-refractivity contribution < 1.29 is 18.6 Å². The number of benzene rings is 3. The van der Waals surface area contributed by atoms with Crippen LogP contribution in [0.25, 0.3) is 17.7 Å². The van der Waals surface area contributed by atoms with Gasteiger partial charge in [0.1, 0.15) is 17.2 Å². The molecule has 1 atom stereocenters. The van der Waals surface area contributed by atoms with Gasteiger partial charge in [0.2, 0.25) is 0 Å². The Labute approximate surface area is 211 Å². The molecule has 1 aliphatic rings. The number of fused-ring (bicyclic) bond motifs is 1. The minimum absolute atomic E-state index is 0.214. The summed E-state index contributed by atoms with van der Waals surface area (Å²) in [6.07, 6.45) is 11.4. The molecule has 5 nitrogen and oxygen atoms in total. The lowest BCUT2D eigenvalue weighted by atomic mass is 10.1. The van der Waals surface area contributed by atoms with Crippen LogP contribution in [0.4, 0.5) is 0 Å². The van der Waals surface area contributed by atoms with Crippen LogP contribution in [0.15, 0.2) is 91.5 Å². The van der Waals surface area contributed by atoms with E-state index >= 15 is 0 Å². The number of ether oxygens (including phenoxy) is 2. The minimum Gasteiger partial charge on any atom is -0.496 e. The molecule has 0 radical (unpaired) electrons. The molecule has 6 heteroatoms. The SMILES string of the molecule is C=C/C=C\C=C1/CP(=O)(c2cc(OC)c(/C=C/c3ccc(C#N)cc3)cc2OC)Oc2ccccc21. The van der Waals surface area contributed by atoms with Crippen LogP contribution in [0.3, 0.4) is 0 Å². The average molecular weight is 496 g/mol. The Morgan fingerprint density at radius 2 is 1.75 bits per heavy atom. The van der Waals surface area contributed by atoms with Gasteiger partial charge in [-0.05, 0) is 41.5 Å². The maximum atomic E-state index is 14.4. The fraction of sp³-hybridized carbons (Fsp3) is 0.100. The Kier molecular flexibility index (Phi) is 7.59. The van der Waals surface area contributed by atoms with Crippen molar-refractivity contribution in [3.05, 3.63) is 114 Å². The highest BCUT2D eigenvalue weighted by molar-refractivity contribution is 7.68. The smallest absolute Gasteiger partial charge is 0.285 e. The number of allylic oxidation sites excluding steroid dienone is 5. The van der Waals surface area contributed by atoms with Crippen LogP contribution in [0.5, 0.6) is 17.2 Å². The molecular formula is C30H26NO4P. The molecule has 0 saturated carbocycles. The summed E-state index contributed by atoms with van der Waals surface area (Å²) in [5.41, 5.74) is 4.11. The van der Waals surface area contributed by atoms with E-state index in [-0.39, 0.29) is 6.16 Å². The number of methoxy groups -OCH3 is 2. The highest BCUT2D eigenvalue weighted by Crippen LogP contribution is 2.57. The molecule has 180 valence electrons. The van der Waals surface area contributed by atoms with E-state index in [1.807, 2.05) is 66.8 Å². The van der Waals surface area contributed by atoms with Gasteiger partial charge in [0, 0.05) is 11.1 Å². The molecule has 0 aromatic heterocycles. The van der Waals surface area contributed by atoms with Crippen molar-refractivity contribution in [2.75, 3.05) is 20.4 Å². The zero-order valence-electron chi connectivity index (χ0n) is 20.2. The molecule has 3 aromatic rings. The summed E-state index contributed by atoms with van der Waals surface area (Å²) in [5.74, 6) is 1.57. The second-order valence-electron chi connectivity index (χ2n) is 8.06. The molecule has 3 aromatic carbocycles. The van der Waals surface area contributed by atoms with Gasteiger partial charge >= 0.3 is 0 Å². The molecule has 0 saturated heterocycles. The zero-order chi connectivity index (χ0) is 25.5. The highest BCUT2D eigenvalue weighted by Gasteiger charge is 2.38. The molecule has 0 aliphatic carbocycles. The standard InChI is InChI=1S/C30H26NO4P/c1-4-5-6-9-25-21-36(32,35-27-11-8-7-10-26(25)27)30-19-28(33-2)24(18-29(30)34-3)17-16-22-12-14-23(20-31)15-13-22/h4-19H,1,21H2,2-3H3/b6-5-,17-16+,25-9+. The second-order valence-corrected chi connectivity index (χ2v) is 10.4. The molecule has 0 spiro atoms. The van der Waals surface area contributed by atoms with Crippen LogP contribution in [0, 0.1) is 11.3 Å². The van der Waals surface area contributed by atoms with Gasteiger partial charge in [-0.15, -0.1) is 0 Å². The van der Waals surface area contributed by atoms with Crippen molar-refractivity contribution in [1.29, 1.82) is 5.26 Å². The van der Waals surface area contributed by atoms with Crippen molar-refractivity contribution in [2.45, 2.75) is 0 Å². The summed E-state index contributed by atoms with van der Waals surface area (Å²) in [6, 6.07) is 20.5. The molecule has 1 heterocycles.